The second-order valence-electron chi connectivity index (χ2n) is 3.71. The molecule has 0 saturated carbocycles. The van der Waals surface area contributed by atoms with Gasteiger partial charge in [-0.2, -0.15) is 0 Å². The van der Waals surface area contributed by atoms with Crippen LogP contribution in [-0.2, 0) is 10.6 Å². The second-order valence-corrected chi connectivity index (χ2v) is 5.35. The van der Waals surface area contributed by atoms with Crippen LogP contribution in [0.1, 0.15) is 40.1 Å². The van der Waals surface area contributed by atoms with Crippen molar-refractivity contribution in [3.63, 3.8) is 0 Å². The van der Waals surface area contributed by atoms with Gasteiger partial charge in [0.2, 0.25) is 0 Å². The van der Waals surface area contributed by atoms with Crippen LogP contribution in [0, 0.1) is 0 Å². The van der Waals surface area contributed by atoms with E-state index in [2.05, 4.69) is 15.9 Å². The highest BCUT2D eigenvalue weighted by Crippen LogP contribution is 2.19. The minimum atomic E-state index is -0.408. The number of carbonyl (C=O) groups excluding carboxylic acids is 2. The molecule has 0 heterocycles. The van der Waals surface area contributed by atoms with Gasteiger partial charge in [-0.15, -0.1) is 11.6 Å². The first-order chi connectivity index (χ1) is 8.51. The van der Waals surface area contributed by atoms with Crippen LogP contribution in [0.5, 0.6) is 0 Å². The van der Waals surface area contributed by atoms with Crippen molar-refractivity contribution in [2.45, 2.75) is 24.6 Å². The highest BCUT2D eigenvalue weighted by molar-refractivity contribution is 9.10. The normalized spacial score (nSPS) is 12.0. The number of benzene rings is 1. The van der Waals surface area contributed by atoms with Crippen LogP contribution in [-0.4, -0.2) is 23.2 Å². The van der Waals surface area contributed by atoms with Gasteiger partial charge in [-0.1, -0.05) is 22.0 Å². The minimum absolute atomic E-state index is 0.0546. The Hall–Kier alpha value is -0.870. The molecule has 1 unspecified atom stereocenters. The zero-order valence-electron chi connectivity index (χ0n) is 10.2. The minimum Gasteiger partial charge on any atom is -0.462 e. The molecule has 1 rings (SSSR count). The summed E-state index contributed by atoms with van der Waals surface area (Å²) in [7, 11) is 0. The van der Waals surface area contributed by atoms with Gasteiger partial charge in [-0.25, -0.2) is 4.79 Å². The van der Waals surface area contributed by atoms with Gasteiger partial charge in [-0.05, 0) is 31.5 Å². The van der Waals surface area contributed by atoms with Gasteiger partial charge in [0.1, 0.15) is 0 Å². The zero-order valence-corrected chi connectivity index (χ0v) is 12.5. The van der Waals surface area contributed by atoms with E-state index in [9.17, 15) is 9.59 Å². The lowest BCUT2D eigenvalue weighted by Crippen LogP contribution is -2.13. The summed E-state index contributed by atoms with van der Waals surface area (Å²) in [4.78, 5) is 23.2. The highest BCUT2D eigenvalue weighted by atomic mass is 79.9. The number of halogens is 2. The number of hydrogen-bond donors (Lipinski definition) is 0. The average molecular weight is 334 g/mol. The molecule has 0 amide bonds. The Balaban J connectivity index is 3.11. The first kappa shape index (κ1) is 15.2. The molecule has 0 spiro atoms. The smallest absolute Gasteiger partial charge is 0.338 e. The molecule has 3 nitrogen and oxygen atoms in total. The SMILES string of the molecule is CCOC(=O)c1ccc(C(=O)C(C)Br)c(CCl)c1. The van der Waals surface area contributed by atoms with E-state index in [1.54, 1.807) is 32.0 Å². The Morgan fingerprint density at radius 3 is 2.61 bits per heavy atom. The molecule has 18 heavy (non-hydrogen) atoms. The number of alkyl halides is 2. The molecule has 5 heteroatoms. The van der Waals surface area contributed by atoms with Gasteiger partial charge < -0.3 is 4.74 Å². The van der Waals surface area contributed by atoms with E-state index in [4.69, 9.17) is 16.3 Å². The molecule has 0 aromatic heterocycles. The lowest BCUT2D eigenvalue weighted by atomic mass is 10.0. The van der Waals surface area contributed by atoms with E-state index in [1.165, 1.54) is 0 Å². The molecule has 0 aliphatic carbocycles. The molecule has 1 aromatic rings. The summed E-state index contributed by atoms with van der Waals surface area (Å²) < 4.78 is 4.90. The molecule has 0 saturated heterocycles. The fourth-order valence-corrected chi connectivity index (χ4v) is 1.97. The Labute approximate surface area is 120 Å². The summed E-state index contributed by atoms with van der Waals surface area (Å²) in [5.74, 6) is -0.288. The number of rotatable bonds is 5. The maximum Gasteiger partial charge on any atom is 0.338 e. The van der Waals surface area contributed by atoms with Crippen LogP contribution in [0.3, 0.4) is 0 Å². The summed E-state index contributed by atoms with van der Waals surface area (Å²) in [6, 6.07) is 4.80. The van der Waals surface area contributed by atoms with E-state index in [0.29, 0.717) is 23.3 Å². The molecule has 98 valence electrons. The fraction of sp³-hybridized carbons (Fsp3) is 0.385. The van der Waals surface area contributed by atoms with E-state index in [-0.39, 0.29) is 16.5 Å². The third kappa shape index (κ3) is 3.56. The predicted octanol–water partition coefficient (Wildman–Crippen LogP) is 3.57. The van der Waals surface area contributed by atoms with Gasteiger partial charge in [0.05, 0.1) is 17.0 Å². The van der Waals surface area contributed by atoms with Gasteiger partial charge in [0, 0.05) is 11.4 Å². The highest BCUT2D eigenvalue weighted by Gasteiger charge is 2.17. The standard InChI is InChI=1S/C13H14BrClO3/c1-3-18-13(17)9-4-5-11(10(6-9)7-15)12(16)8(2)14/h4-6,8H,3,7H2,1-2H3. The summed E-state index contributed by atoms with van der Waals surface area (Å²) in [6.07, 6.45) is 0. The van der Waals surface area contributed by atoms with Crippen molar-refractivity contribution >= 4 is 39.3 Å². The van der Waals surface area contributed by atoms with E-state index in [0.717, 1.165) is 0 Å². The number of Topliss-reactive ketones (excluding diaryl/α,β-unsaturated/α-hetero) is 1. The zero-order chi connectivity index (χ0) is 13.7. The molecule has 0 aliphatic rings. The fourth-order valence-electron chi connectivity index (χ4n) is 1.50. The second kappa shape index (κ2) is 6.90. The Morgan fingerprint density at radius 1 is 1.44 bits per heavy atom. The number of ether oxygens (including phenoxy) is 1. The van der Waals surface area contributed by atoms with Gasteiger partial charge in [-0.3, -0.25) is 4.79 Å². The van der Waals surface area contributed by atoms with Crippen molar-refractivity contribution < 1.29 is 14.3 Å². The average Bonchev–Trinajstić information content (AvgIpc) is 2.37. The third-order valence-electron chi connectivity index (χ3n) is 2.39. The Morgan fingerprint density at radius 2 is 2.11 bits per heavy atom. The summed E-state index contributed by atoms with van der Waals surface area (Å²) >= 11 is 9.04. The number of ketones is 1. The molecule has 0 N–H and O–H groups in total. The van der Waals surface area contributed by atoms with Crippen LogP contribution in [0.25, 0.3) is 0 Å². The maximum atomic E-state index is 11.9. The van der Waals surface area contributed by atoms with Crippen molar-refractivity contribution in [2.75, 3.05) is 6.61 Å². The van der Waals surface area contributed by atoms with Crippen molar-refractivity contribution in [3.8, 4) is 0 Å². The monoisotopic (exact) mass is 332 g/mol. The largest absolute Gasteiger partial charge is 0.462 e. The van der Waals surface area contributed by atoms with E-state index < -0.39 is 5.97 Å². The Bertz CT molecular complexity index is 458. The van der Waals surface area contributed by atoms with Crippen LogP contribution in [0.15, 0.2) is 18.2 Å². The lowest BCUT2D eigenvalue weighted by Gasteiger charge is -2.10. The molecule has 0 radical (unpaired) electrons. The number of hydrogen-bond acceptors (Lipinski definition) is 3. The summed E-state index contributed by atoms with van der Waals surface area (Å²) in [6.45, 7) is 3.80. The van der Waals surface area contributed by atoms with Crippen molar-refractivity contribution in [1.29, 1.82) is 0 Å². The van der Waals surface area contributed by atoms with E-state index >= 15 is 0 Å². The molecule has 0 aliphatic heterocycles. The van der Waals surface area contributed by atoms with E-state index in [1.807, 2.05) is 0 Å². The van der Waals surface area contributed by atoms with Crippen LogP contribution in [0.4, 0.5) is 0 Å². The first-order valence-corrected chi connectivity index (χ1v) is 7.00. The van der Waals surface area contributed by atoms with Gasteiger partial charge in [0.25, 0.3) is 0 Å². The summed E-state index contributed by atoms with van der Waals surface area (Å²) in [5, 5.41) is 0. The molecule has 0 fully saturated rings. The maximum absolute atomic E-state index is 11.9. The third-order valence-corrected chi connectivity index (χ3v) is 3.09. The van der Waals surface area contributed by atoms with Crippen LogP contribution in [0.2, 0.25) is 0 Å². The number of esters is 1. The predicted molar refractivity (Wildman–Crippen MR) is 74.7 cm³/mol. The molecule has 0 bridgehead atoms. The topological polar surface area (TPSA) is 43.4 Å². The molecule has 1 aromatic carbocycles. The summed E-state index contributed by atoms with van der Waals surface area (Å²) in [5.41, 5.74) is 1.58. The van der Waals surface area contributed by atoms with Crippen molar-refractivity contribution in [3.05, 3.63) is 34.9 Å². The van der Waals surface area contributed by atoms with Gasteiger partial charge in [0.15, 0.2) is 5.78 Å². The Kier molecular flexibility index (Phi) is 5.82. The molecular formula is C13H14BrClO3. The first-order valence-electron chi connectivity index (χ1n) is 5.55. The van der Waals surface area contributed by atoms with Crippen molar-refractivity contribution in [1.82, 2.24) is 0 Å². The lowest BCUT2D eigenvalue weighted by molar-refractivity contribution is 0.0526. The van der Waals surface area contributed by atoms with Gasteiger partial charge >= 0.3 is 5.97 Å². The van der Waals surface area contributed by atoms with Crippen LogP contribution < -0.4 is 0 Å². The van der Waals surface area contributed by atoms with Crippen LogP contribution >= 0.6 is 27.5 Å². The quantitative estimate of drug-likeness (QED) is 0.470. The van der Waals surface area contributed by atoms with Crippen molar-refractivity contribution in [2.24, 2.45) is 0 Å². The molecular weight excluding hydrogens is 319 g/mol. The number of carbonyl (C=O) groups is 2. The molecule has 1 atom stereocenters.